The first kappa shape index (κ1) is 47.3. The fourth-order valence-corrected chi connectivity index (χ4v) is 5.63. The number of rotatable bonds is 14. The fourth-order valence-electron chi connectivity index (χ4n) is 5.63. The van der Waals surface area contributed by atoms with E-state index in [1.807, 2.05) is 78.8 Å². The van der Waals surface area contributed by atoms with Gasteiger partial charge in [0.05, 0.1) is 19.3 Å². The van der Waals surface area contributed by atoms with E-state index in [4.69, 9.17) is 15.6 Å². The van der Waals surface area contributed by atoms with Crippen LogP contribution in [-0.2, 0) is 30.5 Å². The number of hydrogen-bond donors (Lipinski definition) is 6. The van der Waals surface area contributed by atoms with Crippen LogP contribution in [0, 0.1) is 29.6 Å². The number of ether oxygens (including phenoxy) is 1. The smallest absolute Gasteiger partial charge is 0.408 e. The highest BCUT2D eigenvalue weighted by molar-refractivity contribution is 5.90. The van der Waals surface area contributed by atoms with E-state index in [1.54, 1.807) is 18.7 Å². The van der Waals surface area contributed by atoms with Gasteiger partial charge in [0.2, 0.25) is 17.7 Å². The Kier molecular flexibility index (Phi) is 21.2. The number of carbonyl (C=O) groups excluding carboxylic acids is 4. The number of amides is 4. The monoisotopic (exact) mass is 749 g/mol. The fraction of sp³-hybridized carbons (Fsp3) is 0.718. The zero-order valence-corrected chi connectivity index (χ0v) is 33.3. The summed E-state index contributed by atoms with van der Waals surface area (Å²) < 4.78 is 5.16. The summed E-state index contributed by atoms with van der Waals surface area (Å²) in [6, 6.07) is 6.90. The molecule has 1 aromatic rings. The number of likely N-dealkylation sites (tertiary alicyclic amines) is 2. The number of nitrogens with one attached hydrogen (secondary N) is 2. The molecule has 6 atom stereocenters. The molecule has 0 saturated carbocycles. The maximum Gasteiger partial charge on any atom is 0.408 e. The first-order valence-electron chi connectivity index (χ1n) is 19.0. The van der Waals surface area contributed by atoms with Gasteiger partial charge in [-0.2, -0.15) is 0 Å². The predicted octanol–water partition coefficient (Wildman–Crippen LogP) is 3.38. The second-order valence-corrected chi connectivity index (χ2v) is 15.3. The van der Waals surface area contributed by atoms with E-state index in [0.29, 0.717) is 38.3 Å². The third kappa shape index (κ3) is 15.6. The van der Waals surface area contributed by atoms with Crippen LogP contribution < -0.4 is 16.4 Å². The summed E-state index contributed by atoms with van der Waals surface area (Å²) in [6.45, 7) is 18.6. The molecule has 2 heterocycles. The quantitative estimate of drug-likeness (QED) is 0.163. The second-order valence-electron chi connectivity index (χ2n) is 15.3. The second kappa shape index (κ2) is 23.8. The SMILES string of the molecule is CC(C)C(NC(=O)OCc1ccccc1)C(=O)N1CCC[C@H]1C(=O)O.CC(C)[C@H](C)C(=O)N1CCCC1C(=O)N[C@H](CO)C(C)C.CC(C)[C@H](N)CO. The summed E-state index contributed by atoms with van der Waals surface area (Å²) in [6.07, 6.45) is 1.96. The zero-order chi connectivity index (χ0) is 40.4. The molecule has 14 heteroatoms. The van der Waals surface area contributed by atoms with E-state index >= 15 is 0 Å². The number of carboxylic acid groups (broad SMARTS) is 1. The molecule has 2 aliphatic heterocycles. The van der Waals surface area contributed by atoms with Crippen molar-refractivity contribution in [2.45, 2.75) is 125 Å². The predicted molar refractivity (Wildman–Crippen MR) is 203 cm³/mol. The van der Waals surface area contributed by atoms with E-state index in [9.17, 15) is 34.2 Å². The highest BCUT2D eigenvalue weighted by Gasteiger charge is 2.39. The van der Waals surface area contributed by atoms with Crippen molar-refractivity contribution >= 4 is 29.8 Å². The summed E-state index contributed by atoms with van der Waals surface area (Å²) in [5, 5.41) is 32.4. The number of benzene rings is 1. The van der Waals surface area contributed by atoms with Crippen molar-refractivity contribution in [1.82, 2.24) is 20.4 Å². The van der Waals surface area contributed by atoms with E-state index in [2.05, 4.69) is 10.6 Å². The molecule has 2 fully saturated rings. The molecule has 7 N–H and O–H groups in total. The van der Waals surface area contributed by atoms with E-state index in [0.717, 1.165) is 12.0 Å². The Bertz CT molecular complexity index is 1280. The molecule has 2 saturated heterocycles. The van der Waals surface area contributed by atoms with Crippen molar-refractivity contribution < 1.29 is 44.0 Å². The summed E-state index contributed by atoms with van der Waals surface area (Å²) in [5.74, 6) is -0.899. The average Bonchev–Trinajstić information content (AvgIpc) is 3.82. The van der Waals surface area contributed by atoms with Gasteiger partial charge in [0.1, 0.15) is 24.7 Å². The standard InChI is InChI=1S/C18H24N2O5.C16H30N2O3.C5H13NO/c1-12(2)15(16(21)20-10-6-9-14(20)17(22)23)19-18(24)25-11-13-7-4-3-5-8-13;1-10(2)12(5)16(21)18-8-6-7-14(18)15(20)17-13(9-19)11(3)4;1-4(2)5(6)3-7/h3-5,7-8,12,14-15H,6,9-11H2,1-2H3,(H,19,24)(H,22,23);10-14,19H,6-9H2,1-5H3,(H,17,20);4-5,7H,3,6H2,1-2H3/t14-,15?;12-,13+,14?;5-/m001/s1. The summed E-state index contributed by atoms with van der Waals surface area (Å²) in [4.78, 5) is 64.0. The van der Waals surface area contributed by atoms with Gasteiger partial charge in [0.25, 0.3) is 0 Å². The van der Waals surface area contributed by atoms with E-state index in [1.165, 1.54) is 4.90 Å². The molecular formula is C39H67N5O9. The molecule has 1 aromatic carbocycles. The van der Waals surface area contributed by atoms with Crippen LogP contribution in [0.1, 0.15) is 93.6 Å². The lowest BCUT2D eigenvalue weighted by atomic mass is 9.96. The first-order valence-corrected chi connectivity index (χ1v) is 19.0. The summed E-state index contributed by atoms with van der Waals surface area (Å²) in [7, 11) is 0. The normalized spacial score (nSPS) is 19.1. The molecule has 0 aliphatic carbocycles. The molecule has 53 heavy (non-hydrogen) atoms. The highest BCUT2D eigenvalue weighted by atomic mass is 16.5. The van der Waals surface area contributed by atoms with Crippen LogP contribution in [0.25, 0.3) is 0 Å². The molecule has 4 amide bonds. The molecule has 302 valence electrons. The average molecular weight is 750 g/mol. The molecule has 0 bridgehead atoms. The van der Waals surface area contributed by atoms with Crippen LogP contribution in [0.4, 0.5) is 4.79 Å². The third-order valence-electron chi connectivity index (χ3n) is 9.86. The minimum Gasteiger partial charge on any atom is -0.480 e. The number of aliphatic hydroxyl groups is 2. The van der Waals surface area contributed by atoms with Gasteiger partial charge in [0.15, 0.2) is 0 Å². The van der Waals surface area contributed by atoms with Crippen LogP contribution in [-0.4, -0.2) is 111 Å². The minimum atomic E-state index is -1.01. The van der Waals surface area contributed by atoms with Gasteiger partial charge in [-0.1, -0.05) is 92.6 Å². The molecule has 0 aromatic heterocycles. The Balaban J connectivity index is 0.000000455. The number of aliphatic carboxylic acids is 1. The van der Waals surface area contributed by atoms with Crippen molar-refractivity contribution in [3.8, 4) is 0 Å². The minimum absolute atomic E-state index is 0.0417. The van der Waals surface area contributed by atoms with Gasteiger partial charge in [-0.3, -0.25) is 14.4 Å². The Labute approximate surface area is 316 Å². The molecule has 14 nitrogen and oxygen atoms in total. The lowest BCUT2D eigenvalue weighted by Gasteiger charge is -2.30. The highest BCUT2D eigenvalue weighted by Crippen LogP contribution is 2.24. The zero-order valence-electron chi connectivity index (χ0n) is 33.3. The molecule has 0 spiro atoms. The van der Waals surface area contributed by atoms with Crippen LogP contribution in [0.2, 0.25) is 0 Å². The maximum atomic E-state index is 12.7. The number of nitrogens with zero attached hydrogens (tertiary/aromatic N) is 2. The van der Waals surface area contributed by atoms with Gasteiger partial charge < -0.3 is 46.2 Å². The molecule has 0 radical (unpaired) electrons. The number of alkyl carbamates (subject to hydrolysis) is 1. The number of carbonyl (C=O) groups is 5. The summed E-state index contributed by atoms with van der Waals surface area (Å²) >= 11 is 0. The van der Waals surface area contributed by atoms with Gasteiger partial charge in [0, 0.05) is 25.0 Å². The largest absolute Gasteiger partial charge is 0.480 e. The Morgan fingerprint density at radius 1 is 0.755 bits per heavy atom. The molecular weight excluding hydrogens is 682 g/mol. The van der Waals surface area contributed by atoms with Crippen molar-refractivity contribution in [2.24, 2.45) is 35.3 Å². The van der Waals surface area contributed by atoms with E-state index < -0.39 is 24.1 Å². The lowest BCUT2D eigenvalue weighted by molar-refractivity contribution is -0.149. The summed E-state index contributed by atoms with van der Waals surface area (Å²) in [5.41, 5.74) is 6.21. The van der Waals surface area contributed by atoms with Crippen molar-refractivity contribution in [2.75, 3.05) is 26.3 Å². The third-order valence-corrected chi connectivity index (χ3v) is 9.86. The Hall–Kier alpha value is -3.75. The maximum absolute atomic E-state index is 12.7. The van der Waals surface area contributed by atoms with Crippen LogP contribution >= 0.6 is 0 Å². The lowest BCUT2D eigenvalue weighted by Crippen LogP contribution is -2.53. The van der Waals surface area contributed by atoms with Crippen LogP contribution in [0.3, 0.4) is 0 Å². The number of nitrogens with two attached hydrogens (primary N) is 1. The first-order chi connectivity index (χ1) is 24.9. The van der Waals surface area contributed by atoms with Gasteiger partial charge >= 0.3 is 12.1 Å². The van der Waals surface area contributed by atoms with Gasteiger partial charge in [-0.05, 0) is 54.9 Å². The van der Waals surface area contributed by atoms with Crippen molar-refractivity contribution in [3.05, 3.63) is 35.9 Å². The van der Waals surface area contributed by atoms with Gasteiger partial charge in [-0.25, -0.2) is 9.59 Å². The number of hydrogen-bond acceptors (Lipinski definition) is 9. The van der Waals surface area contributed by atoms with Crippen LogP contribution in [0.15, 0.2) is 30.3 Å². The number of carboxylic acids is 1. The topological polar surface area (TPSA) is 212 Å². The van der Waals surface area contributed by atoms with E-state index in [-0.39, 0.29) is 79.3 Å². The molecule has 2 unspecified atom stereocenters. The number of aliphatic hydroxyl groups excluding tert-OH is 2. The van der Waals surface area contributed by atoms with Crippen LogP contribution in [0.5, 0.6) is 0 Å². The van der Waals surface area contributed by atoms with Crippen molar-refractivity contribution in [1.29, 1.82) is 0 Å². The Morgan fingerprint density at radius 3 is 1.74 bits per heavy atom. The molecule has 3 rings (SSSR count). The van der Waals surface area contributed by atoms with Crippen molar-refractivity contribution in [3.63, 3.8) is 0 Å². The van der Waals surface area contributed by atoms with Gasteiger partial charge in [-0.15, -0.1) is 0 Å². The Morgan fingerprint density at radius 2 is 1.30 bits per heavy atom. The molecule has 2 aliphatic rings.